The third-order valence-electron chi connectivity index (χ3n) is 3.72. The van der Waals surface area contributed by atoms with E-state index in [0.29, 0.717) is 11.7 Å². The van der Waals surface area contributed by atoms with Crippen LogP contribution in [0.4, 0.5) is 0 Å². The van der Waals surface area contributed by atoms with E-state index in [-0.39, 0.29) is 5.91 Å². The fourth-order valence-corrected chi connectivity index (χ4v) is 3.04. The highest BCUT2D eigenvalue weighted by molar-refractivity contribution is 7.07. The van der Waals surface area contributed by atoms with Crippen molar-refractivity contribution >= 4 is 17.2 Å². The summed E-state index contributed by atoms with van der Waals surface area (Å²) >= 11 is 1.49. The summed E-state index contributed by atoms with van der Waals surface area (Å²) in [5.41, 5.74) is 2.34. The second-order valence-corrected chi connectivity index (χ2v) is 6.04. The second kappa shape index (κ2) is 5.36. The molecule has 1 amide bonds. The van der Waals surface area contributed by atoms with Crippen LogP contribution in [0, 0.1) is 5.92 Å². The Labute approximate surface area is 111 Å². The molecule has 1 aliphatic heterocycles. The Bertz CT molecular complexity index is 396. The molecule has 4 nitrogen and oxygen atoms in total. The fourth-order valence-electron chi connectivity index (χ4n) is 2.51. The van der Waals surface area contributed by atoms with Gasteiger partial charge in [0, 0.05) is 24.5 Å². The summed E-state index contributed by atoms with van der Waals surface area (Å²) in [4.78, 5) is 18.6. The van der Waals surface area contributed by atoms with Crippen LogP contribution >= 0.6 is 11.3 Å². The third-order valence-corrected chi connectivity index (χ3v) is 4.30. The molecule has 5 heteroatoms. The predicted octanol–water partition coefficient (Wildman–Crippen LogP) is 1.75. The number of hydrogen-bond donors (Lipinski definition) is 1. The lowest BCUT2D eigenvalue weighted by atomic mass is 10.2. The molecule has 98 valence electrons. The molecule has 0 radical (unpaired) electrons. The van der Waals surface area contributed by atoms with Crippen molar-refractivity contribution in [2.75, 3.05) is 19.6 Å². The van der Waals surface area contributed by atoms with Gasteiger partial charge in [0.2, 0.25) is 0 Å². The first kappa shape index (κ1) is 12.1. The van der Waals surface area contributed by atoms with Gasteiger partial charge in [0.05, 0.1) is 5.51 Å². The van der Waals surface area contributed by atoms with E-state index in [1.165, 1.54) is 37.0 Å². The Balaban J connectivity index is 1.65. The average Bonchev–Trinajstić information content (AvgIpc) is 2.88. The number of thiazole rings is 1. The normalized spacial score (nSPS) is 23.2. The van der Waals surface area contributed by atoms with Gasteiger partial charge in [-0.2, -0.15) is 0 Å². The molecule has 0 bridgehead atoms. The van der Waals surface area contributed by atoms with E-state index in [1.807, 2.05) is 10.3 Å². The van der Waals surface area contributed by atoms with Gasteiger partial charge in [-0.15, -0.1) is 11.3 Å². The zero-order valence-corrected chi connectivity index (χ0v) is 11.3. The van der Waals surface area contributed by atoms with Gasteiger partial charge in [-0.05, 0) is 38.1 Å². The number of amides is 1. The average molecular weight is 265 g/mol. The van der Waals surface area contributed by atoms with E-state index in [2.05, 4.69) is 10.3 Å². The molecule has 0 aromatic carbocycles. The first-order chi connectivity index (χ1) is 8.83. The van der Waals surface area contributed by atoms with E-state index < -0.39 is 0 Å². The second-order valence-electron chi connectivity index (χ2n) is 5.32. The standard InChI is InChI=1S/C13H19N3OS/c17-13(12-8-18-9-15-12)16(6-10-3-4-10)7-11-2-1-5-14-11/h8-11,14H,1-7H2. The summed E-state index contributed by atoms with van der Waals surface area (Å²) in [5.74, 6) is 0.839. The molecule has 1 N–H and O–H groups in total. The van der Waals surface area contributed by atoms with Crippen LogP contribution in [0.2, 0.25) is 0 Å². The van der Waals surface area contributed by atoms with Crippen molar-refractivity contribution in [1.29, 1.82) is 0 Å². The first-order valence-corrected chi connectivity index (χ1v) is 7.68. The van der Waals surface area contributed by atoms with Gasteiger partial charge in [0.25, 0.3) is 5.91 Å². The van der Waals surface area contributed by atoms with Crippen LogP contribution in [-0.2, 0) is 0 Å². The fraction of sp³-hybridized carbons (Fsp3) is 0.692. The number of aromatic nitrogens is 1. The number of hydrogen-bond acceptors (Lipinski definition) is 4. The lowest BCUT2D eigenvalue weighted by Gasteiger charge is -2.25. The molecule has 2 heterocycles. The molecule has 1 aromatic rings. The summed E-state index contributed by atoms with van der Waals surface area (Å²) in [6.07, 6.45) is 4.97. The third kappa shape index (κ3) is 2.90. The van der Waals surface area contributed by atoms with Crippen molar-refractivity contribution in [2.45, 2.75) is 31.7 Å². The first-order valence-electron chi connectivity index (χ1n) is 6.74. The van der Waals surface area contributed by atoms with E-state index in [0.717, 1.165) is 25.6 Å². The van der Waals surface area contributed by atoms with Crippen LogP contribution in [0.15, 0.2) is 10.9 Å². The largest absolute Gasteiger partial charge is 0.335 e. The van der Waals surface area contributed by atoms with E-state index in [9.17, 15) is 4.79 Å². The van der Waals surface area contributed by atoms with Crippen LogP contribution in [0.3, 0.4) is 0 Å². The van der Waals surface area contributed by atoms with Crippen molar-refractivity contribution < 1.29 is 4.79 Å². The highest BCUT2D eigenvalue weighted by Crippen LogP contribution is 2.30. The zero-order chi connectivity index (χ0) is 12.4. The Hall–Kier alpha value is -0.940. The van der Waals surface area contributed by atoms with Gasteiger partial charge >= 0.3 is 0 Å². The molecule has 3 rings (SSSR count). The van der Waals surface area contributed by atoms with Crippen LogP contribution in [0.1, 0.15) is 36.2 Å². The Kier molecular flexibility index (Phi) is 3.61. The van der Waals surface area contributed by atoms with Gasteiger partial charge in [-0.25, -0.2) is 4.98 Å². The lowest BCUT2D eigenvalue weighted by Crippen LogP contribution is -2.42. The molecule has 0 spiro atoms. The summed E-state index contributed by atoms with van der Waals surface area (Å²) in [5, 5.41) is 5.32. The monoisotopic (exact) mass is 265 g/mol. The molecule has 2 fully saturated rings. The molecule has 1 atom stereocenters. The smallest absolute Gasteiger partial charge is 0.273 e. The predicted molar refractivity (Wildman–Crippen MR) is 71.8 cm³/mol. The summed E-state index contributed by atoms with van der Waals surface area (Å²) in [6.45, 7) is 2.84. The maximum Gasteiger partial charge on any atom is 0.273 e. The maximum atomic E-state index is 12.4. The van der Waals surface area contributed by atoms with Crippen molar-refractivity contribution in [3.05, 3.63) is 16.6 Å². The summed E-state index contributed by atoms with van der Waals surface area (Å²) in [6, 6.07) is 0.478. The minimum atomic E-state index is 0.108. The highest BCUT2D eigenvalue weighted by atomic mass is 32.1. The number of nitrogens with one attached hydrogen (secondary N) is 1. The Morgan fingerprint density at radius 2 is 2.33 bits per heavy atom. The van der Waals surface area contributed by atoms with Crippen LogP contribution < -0.4 is 5.32 Å². The number of rotatable bonds is 5. The van der Waals surface area contributed by atoms with E-state index >= 15 is 0 Å². The van der Waals surface area contributed by atoms with Crippen molar-refractivity contribution in [1.82, 2.24) is 15.2 Å². The van der Waals surface area contributed by atoms with Crippen molar-refractivity contribution in [3.8, 4) is 0 Å². The Morgan fingerprint density at radius 3 is 2.94 bits per heavy atom. The van der Waals surface area contributed by atoms with Crippen molar-refractivity contribution in [3.63, 3.8) is 0 Å². The summed E-state index contributed by atoms with van der Waals surface area (Å²) < 4.78 is 0. The lowest BCUT2D eigenvalue weighted by molar-refractivity contribution is 0.0728. The SMILES string of the molecule is O=C(c1cscn1)N(CC1CC1)CC1CCCN1. The molecule has 1 saturated heterocycles. The van der Waals surface area contributed by atoms with Gasteiger partial charge in [0.1, 0.15) is 5.69 Å². The quantitative estimate of drug-likeness (QED) is 0.882. The molecule has 1 aromatic heterocycles. The van der Waals surface area contributed by atoms with Gasteiger partial charge in [0.15, 0.2) is 0 Å². The van der Waals surface area contributed by atoms with E-state index in [4.69, 9.17) is 0 Å². The van der Waals surface area contributed by atoms with Gasteiger partial charge < -0.3 is 10.2 Å². The number of carbonyl (C=O) groups excluding carboxylic acids is 1. The van der Waals surface area contributed by atoms with Gasteiger partial charge in [-0.3, -0.25) is 4.79 Å². The summed E-state index contributed by atoms with van der Waals surface area (Å²) in [7, 11) is 0. The van der Waals surface area contributed by atoms with Crippen LogP contribution in [-0.4, -0.2) is 41.5 Å². The maximum absolute atomic E-state index is 12.4. The molecule has 18 heavy (non-hydrogen) atoms. The number of carbonyl (C=O) groups is 1. The molecule has 1 unspecified atom stereocenters. The molecular formula is C13H19N3OS. The zero-order valence-electron chi connectivity index (χ0n) is 10.5. The molecular weight excluding hydrogens is 246 g/mol. The minimum absolute atomic E-state index is 0.108. The minimum Gasteiger partial charge on any atom is -0.335 e. The van der Waals surface area contributed by atoms with E-state index in [1.54, 1.807) is 5.51 Å². The van der Waals surface area contributed by atoms with Gasteiger partial charge in [-0.1, -0.05) is 0 Å². The molecule has 2 aliphatic rings. The Morgan fingerprint density at radius 1 is 1.44 bits per heavy atom. The molecule has 1 saturated carbocycles. The highest BCUT2D eigenvalue weighted by Gasteiger charge is 2.30. The number of nitrogens with zero attached hydrogens (tertiary/aromatic N) is 2. The van der Waals surface area contributed by atoms with Crippen molar-refractivity contribution in [2.24, 2.45) is 5.92 Å². The van der Waals surface area contributed by atoms with Crippen LogP contribution in [0.5, 0.6) is 0 Å². The van der Waals surface area contributed by atoms with Crippen LogP contribution in [0.25, 0.3) is 0 Å². The molecule has 1 aliphatic carbocycles. The topological polar surface area (TPSA) is 45.2 Å².